The predicted octanol–water partition coefficient (Wildman–Crippen LogP) is 29.0. The van der Waals surface area contributed by atoms with Crippen molar-refractivity contribution in [3.63, 3.8) is 0 Å². The van der Waals surface area contributed by atoms with Gasteiger partial charge in [0.05, 0.1) is 105 Å². The summed E-state index contributed by atoms with van der Waals surface area (Å²) in [4.78, 5) is 32.2. The van der Waals surface area contributed by atoms with Crippen LogP contribution in [-0.2, 0) is 20.7 Å². The van der Waals surface area contributed by atoms with Crippen molar-refractivity contribution in [3.05, 3.63) is 457 Å². The van der Waals surface area contributed by atoms with E-state index in [4.69, 9.17) is 18.9 Å². The summed E-state index contributed by atoms with van der Waals surface area (Å²) >= 11 is 0. The van der Waals surface area contributed by atoms with Crippen molar-refractivity contribution in [1.29, 1.82) is 0 Å². The van der Waals surface area contributed by atoms with Gasteiger partial charge in [-0.15, -0.1) is 0 Å². The van der Waals surface area contributed by atoms with Crippen molar-refractivity contribution in [3.8, 4) is 45.7 Å². The number of benzene rings is 18. The Morgan fingerprint density at radius 2 is 0.422 bits per heavy atom. The van der Waals surface area contributed by atoms with Crippen LogP contribution in [-0.4, -0.2) is 66.7 Å². The standard InChI is InChI=1S/C42H36N2O2S.C41H32N2O5.C37H24N2O/c1-41(2)33-13-5-9-17-37(33)43(38-18-10-6-14-34(38)41)29-21-25-31(26-22-29)47(45,46)32-27-23-30(24-28-32)44-39-19-11-7-15-35(39)42(3,4)36-16-8-12-20-40(36)44;1-45-29-13-17-37-33(21-29)34-22-30(46-2)14-18-38(34)42(37)27-9-5-25(6-10-27)41(44)26-7-11-28(12-8-26)43-39-19-15-31(47-3)23-35(39)36-24-32(48-4)16-20-40(36)43;40-37(25-17-21-27(22-18-25)38-33-13-5-1-9-29(33)30-10-2-6-14-34(30)38)26-19-23-28(24-20-26)39-35-15-7-3-11-31(35)32-12-4-8-16-36(32)39/h5-28H,1-4H3;5-24H,1-4H3;1-24H. The van der Waals surface area contributed by atoms with E-state index < -0.39 is 9.84 Å². The number of carbonyl (C=O) groups is 2. The number of para-hydroxylation sites is 8. The highest BCUT2D eigenvalue weighted by molar-refractivity contribution is 7.91. The molecule has 0 saturated heterocycles. The number of fused-ring (bicyclic) bond motifs is 16. The van der Waals surface area contributed by atoms with Crippen molar-refractivity contribution in [2.75, 3.05) is 38.2 Å². The third-order valence-electron chi connectivity index (χ3n) is 27.2. The molecule has 18 aromatic carbocycles. The Morgan fingerprint density at radius 1 is 0.222 bits per heavy atom. The molecule has 2 aliphatic heterocycles. The molecule has 0 spiro atoms. The summed E-state index contributed by atoms with van der Waals surface area (Å²) < 4.78 is 58.9. The normalized spacial score (nSPS) is 12.9. The number of ether oxygens (including phenoxy) is 4. The van der Waals surface area contributed by atoms with Gasteiger partial charge in [-0.05, 0) is 289 Å². The fourth-order valence-corrected chi connectivity index (χ4v) is 21.6. The zero-order valence-corrected chi connectivity index (χ0v) is 76.4. The fraction of sp³-hybridized carbons (Fsp3) is 0.0833. The van der Waals surface area contributed by atoms with E-state index in [1.54, 1.807) is 52.7 Å². The molecule has 22 aromatic rings. The summed E-state index contributed by atoms with van der Waals surface area (Å²) in [6.45, 7) is 9.03. The first-order valence-electron chi connectivity index (χ1n) is 45.1. The number of hydrogen-bond donors (Lipinski definition) is 0. The Hall–Kier alpha value is -16.8. The second-order valence-electron chi connectivity index (χ2n) is 35.3. The van der Waals surface area contributed by atoms with Crippen LogP contribution in [0.5, 0.6) is 23.0 Å². The number of rotatable bonds is 16. The average molecular weight is 1780 g/mol. The lowest BCUT2D eigenvalue weighted by atomic mass is 9.73. The van der Waals surface area contributed by atoms with Gasteiger partial charge in [-0.2, -0.15) is 0 Å². The maximum Gasteiger partial charge on any atom is 0.206 e. The number of nitrogens with zero attached hydrogens (tertiary/aromatic N) is 6. The van der Waals surface area contributed by atoms with Crippen molar-refractivity contribution in [2.45, 2.75) is 48.3 Å². The lowest BCUT2D eigenvalue weighted by molar-refractivity contribution is 0.103. The second kappa shape index (κ2) is 33.6. The van der Waals surface area contributed by atoms with Crippen molar-refractivity contribution < 1.29 is 37.0 Å². The monoisotopic (exact) mass is 1780 g/mol. The minimum absolute atomic E-state index is 0.0162. The molecule has 2 aliphatic rings. The third kappa shape index (κ3) is 14.2. The molecule has 135 heavy (non-hydrogen) atoms. The van der Waals surface area contributed by atoms with Gasteiger partial charge < -0.3 is 47.0 Å². The molecule has 24 rings (SSSR count). The summed E-state index contributed by atoms with van der Waals surface area (Å²) in [6, 6.07) is 138. The Kier molecular flexibility index (Phi) is 20.8. The number of anilines is 6. The summed E-state index contributed by atoms with van der Waals surface area (Å²) in [5, 5.41) is 9.14. The Bertz CT molecular complexity index is 7770. The number of ketones is 2. The first-order chi connectivity index (χ1) is 65.9. The van der Waals surface area contributed by atoms with Crippen LogP contribution in [0.3, 0.4) is 0 Å². The number of sulfone groups is 1. The van der Waals surface area contributed by atoms with Crippen LogP contribution in [0, 0.1) is 0 Å². The molecule has 0 fully saturated rings. The molecule has 0 radical (unpaired) electrons. The molecule has 0 aliphatic carbocycles. The summed E-state index contributed by atoms with van der Waals surface area (Å²) in [5.41, 5.74) is 26.2. The maximum absolute atomic E-state index is 13.9. The van der Waals surface area contributed by atoms with E-state index in [9.17, 15) is 18.0 Å². The van der Waals surface area contributed by atoms with E-state index in [0.717, 1.165) is 146 Å². The number of hydrogen-bond acceptors (Lipinski definition) is 10. The van der Waals surface area contributed by atoms with Gasteiger partial charge in [0, 0.05) is 110 Å². The Labute approximate surface area is 782 Å². The van der Waals surface area contributed by atoms with E-state index in [-0.39, 0.29) is 32.2 Å². The van der Waals surface area contributed by atoms with Crippen LogP contribution in [0.2, 0.25) is 0 Å². The van der Waals surface area contributed by atoms with Gasteiger partial charge in [-0.1, -0.05) is 173 Å². The molecule has 4 aromatic heterocycles. The van der Waals surface area contributed by atoms with Crippen LogP contribution in [0.1, 0.15) is 81.8 Å². The van der Waals surface area contributed by atoms with Gasteiger partial charge in [0.1, 0.15) is 23.0 Å². The van der Waals surface area contributed by atoms with Crippen LogP contribution in [0.15, 0.2) is 422 Å². The fourth-order valence-electron chi connectivity index (χ4n) is 20.4. The Balaban J connectivity index is 0.000000118. The zero-order valence-electron chi connectivity index (χ0n) is 75.6. The molecule has 0 saturated carbocycles. The van der Waals surface area contributed by atoms with Gasteiger partial charge in [0.15, 0.2) is 11.6 Å². The Morgan fingerprint density at radius 3 is 0.652 bits per heavy atom. The van der Waals surface area contributed by atoms with Gasteiger partial charge in [0.25, 0.3) is 0 Å². The van der Waals surface area contributed by atoms with E-state index in [1.165, 1.54) is 43.8 Å². The van der Waals surface area contributed by atoms with E-state index in [0.29, 0.717) is 22.3 Å². The highest BCUT2D eigenvalue weighted by Gasteiger charge is 2.39. The molecule has 0 N–H and O–H groups in total. The second-order valence-corrected chi connectivity index (χ2v) is 37.2. The molecular weight excluding hydrogens is 1690 g/mol. The first-order valence-corrected chi connectivity index (χ1v) is 46.6. The SMILES string of the molecule is CC1(C)c2ccccc2N(c2ccc(S(=O)(=O)c3ccc(N4c5ccccc5C(C)(C)c5ccccc54)cc3)cc2)c2ccccc21.COc1ccc2c(c1)c1cc(OC)ccc1n2-c1ccc(C(=O)c2ccc(-n3c4ccc(OC)cc4c4cc(OC)ccc43)cc2)cc1.O=C(c1ccc(-n2c3ccccc3c3ccccc32)cc1)c1ccc(-n2c3ccccc3c3ccccc32)cc1. The van der Waals surface area contributed by atoms with Gasteiger partial charge >= 0.3 is 0 Å². The number of aromatic nitrogens is 4. The number of methoxy groups -OCH3 is 4. The molecule has 0 amide bonds. The van der Waals surface area contributed by atoms with Gasteiger partial charge in [0.2, 0.25) is 9.84 Å². The van der Waals surface area contributed by atoms with Crippen molar-refractivity contribution in [2.24, 2.45) is 0 Å². The van der Waals surface area contributed by atoms with Crippen molar-refractivity contribution >= 4 is 143 Å². The molecule has 0 bridgehead atoms. The predicted molar refractivity (Wildman–Crippen MR) is 548 cm³/mol. The summed E-state index contributed by atoms with van der Waals surface area (Å²) in [6.07, 6.45) is 0. The molecule has 0 atom stereocenters. The highest BCUT2D eigenvalue weighted by Crippen LogP contribution is 2.54. The smallest absolute Gasteiger partial charge is 0.206 e. The molecule has 0 unspecified atom stereocenters. The molecule has 6 heterocycles. The van der Waals surface area contributed by atoms with Gasteiger partial charge in [-0.3, -0.25) is 9.59 Å². The largest absolute Gasteiger partial charge is 0.497 e. The summed E-state index contributed by atoms with van der Waals surface area (Å²) in [7, 11) is 2.93. The molecular formula is C120H92N6O8S. The third-order valence-corrected chi connectivity index (χ3v) is 28.9. The van der Waals surface area contributed by atoms with Crippen LogP contribution < -0.4 is 28.7 Å². The van der Waals surface area contributed by atoms with Gasteiger partial charge in [-0.25, -0.2) is 8.42 Å². The van der Waals surface area contributed by atoms with Crippen LogP contribution >= 0.6 is 0 Å². The minimum Gasteiger partial charge on any atom is -0.497 e. The van der Waals surface area contributed by atoms with Crippen LogP contribution in [0.25, 0.3) is 110 Å². The number of carbonyl (C=O) groups excluding carboxylic acids is 2. The molecule has 15 heteroatoms. The lowest BCUT2D eigenvalue weighted by Gasteiger charge is -2.42. The van der Waals surface area contributed by atoms with E-state index in [2.05, 4.69) is 274 Å². The van der Waals surface area contributed by atoms with Crippen molar-refractivity contribution in [1.82, 2.24) is 18.3 Å². The minimum atomic E-state index is -3.75. The maximum atomic E-state index is 13.9. The molecule has 14 nitrogen and oxygen atoms in total. The van der Waals surface area contributed by atoms with E-state index in [1.807, 2.05) is 170 Å². The van der Waals surface area contributed by atoms with Crippen LogP contribution in [0.4, 0.5) is 34.1 Å². The highest BCUT2D eigenvalue weighted by atomic mass is 32.2. The quantitative estimate of drug-likeness (QED) is 0.0862. The molecule has 656 valence electrons. The van der Waals surface area contributed by atoms with E-state index >= 15 is 0 Å². The lowest BCUT2D eigenvalue weighted by Crippen LogP contribution is -2.30. The zero-order chi connectivity index (χ0) is 92.1. The summed E-state index contributed by atoms with van der Waals surface area (Å²) in [5.74, 6) is 3.12. The first kappa shape index (κ1) is 83.8. The topological polar surface area (TPSA) is 131 Å². The average Bonchev–Trinajstić information content (AvgIpc) is 1.53.